The van der Waals surface area contributed by atoms with Crippen LogP contribution >= 0.6 is 34.3 Å². The molecule has 3 heterocycles. The lowest BCUT2D eigenvalue weighted by atomic mass is 9.98. The van der Waals surface area contributed by atoms with Crippen LogP contribution in [0.3, 0.4) is 0 Å². The number of benzene rings is 1. The van der Waals surface area contributed by atoms with Gasteiger partial charge in [0.05, 0.1) is 21.2 Å². The van der Waals surface area contributed by atoms with Gasteiger partial charge in [0.25, 0.3) is 15.9 Å². The number of halogens is 1. The minimum atomic E-state index is -3.62. The first-order valence-electron chi connectivity index (χ1n) is 10.9. The van der Waals surface area contributed by atoms with Crippen molar-refractivity contribution in [2.24, 2.45) is 10.9 Å². The van der Waals surface area contributed by atoms with Crippen molar-refractivity contribution in [2.45, 2.75) is 30.5 Å². The van der Waals surface area contributed by atoms with Crippen LogP contribution in [-0.2, 0) is 30.9 Å². The average molecular weight is 557 g/mol. The van der Waals surface area contributed by atoms with Gasteiger partial charge >= 0.3 is 0 Å². The van der Waals surface area contributed by atoms with Crippen LogP contribution < -0.4 is 10.1 Å². The van der Waals surface area contributed by atoms with E-state index in [-0.39, 0.29) is 35.0 Å². The number of ether oxygens (including phenoxy) is 1. The Morgan fingerprint density at radius 3 is 2.57 bits per heavy atom. The fourth-order valence-electron chi connectivity index (χ4n) is 3.93. The minimum absolute atomic E-state index is 0.163. The summed E-state index contributed by atoms with van der Waals surface area (Å²) < 4.78 is 35.7. The predicted octanol–water partition coefficient (Wildman–Crippen LogP) is 3.55. The Morgan fingerprint density at radius 2 is 1.94 bits per heavy atom. The van der Waals surface area contributed by atoms with Crippen molar-refractivity contribution in [3.05, 3.63) is 39.5 Å². The summed E-state index contributed by atoms with van der Waals surface area (Å²) in [4.78, 5) is 29.5. The van der Waals surface area contributed by atoms with Gasteiger partial charge < -0.3 is 14.6 Å². The van der Waals surface area contributed by atoms with Crippen LogP contribution in [0.25, 0.3) is 10.2 Å². The number of aromatic nitrogens is 1. The highest BCUT2D eigenvalue weighted by molar-refractivity contribution is 7.91. The zero-order valence-electron chi connectivity index (χ0n) is 19.2. The number of sulfonamides is 1. The summed E-state index contributed by atoms with van der Waals surface area (Å²) in [7, 11) is -2.01. The number of nitrogens with zero attached hydrogens (tertiary/aromatic N) is 3. The molecule has 1 aromatic carbocycles. The van der Waals surface area contributed by atoms with Crippen molar-refractivity contribution in [1.29, 1.82) is 0 Å². The number of nitrogens with one attached hydrogen (secondary N) is 1. The molecule has 1 saturated heterocycles. The highest BCUT2D eigenvalue weighted by Crippen LogP contribution is 2.31. The van der Waals surface area contributed by atoms with E-state index in [1.807, 2.05) is 22.8 Å². The second kappa shape index (κ2) is 10.9. The lowest BCUT2D eigenvalue weighted by molar-refractivity contribution is -0.123. The maximum Gasteiger partial charge on any atom is 0.252 e. The summed E-state index contributed by atoms with van der Waals surface area (Å²) in [6.45, 7) is 2.91. The number of methoxy groups -OCH3 is 1. The third kappa shape index (κ3) is 5.84. The molecule has 9 nitrogen and oxygen atoms in total. The Morgan fingerprint density at radius 1 is 1.20 bits per heavy atom. The lowest BCUT2D eigenvalue weighted by Gasteiger charge is -2.29. The number of amides is 2. The molecule has 3 aromatic rings. The monoisotopic (exact) mass is 556 g/mol. The van der Waals surface area contributed by atoms with Gasteiger partial charge in [-0.05, 0) is 43.2 Å². The molecule has 4 rings (SSSR count). The highest BCUT2D eigenvalue weighted by atomic mass is 35.5. The summed E-state index contributed by atoms with van der Waals surface area (Å²) >= 11 is 8.29. The summed E-state index contributed by atoms with van der Waals surface area (Å²) in [5.74, 6) is -0.783. The molecule has 188 valence electrons. The number of anilines is 1. The Labute approximate surface area is 216 Å². The van der Waals surface area contributed by atoms with Gasteiger partial charge in [0, 0.05) is 45.3 Å². The lowest BCUT2D eigenvalue weighted by Crippen LogP contribution is -2.40. The number of rotatable bonds is 7. The van der Waals surface area contributed by atoms with E-state index in [4.69, 9.17) is 16.3 Å². The predicted molar refractivity (Wildman–Crippen MR) is 137 cm³/mol. The zero-order valence-corrected chi connectivity index (χ0v) is 22.4. The van der Waals surface area contributed by atoms with Crippen LogP contribution in [-0.4, -0.2) is 55.9 Å². The largest absolute Gasteiger partial charge is 0.383 e. The second-order valence-electron chi connectivity index (χ2n) is 8.08. The second-order valence-corrected chi connectivity index (χ2v) is 13.0. The molecule has 1 aliphatic heterocycles. The number of fused-ring (bicyclic) bond motifs is 1. The quantitative estimate of drug-likeness (QED) is 0.478. The van der Waals surface area contributed by atoms with Crippen LogP contribution in [0.2, 0.25) is 4.34 Å². The van der Waals surface area contributed by atoms with Crippen molar-refractivity contribution >= 4 is 72.0 Å². The SMILES string of the molecule is COCCn1c(=NC(=O)C2CCN(S(=O)(=O)c3ccc(Cl)s3)CC2)sc2cc(NC(C)=O)ccc21. The first kappa shape index (κ1) is 26.0. The molecular formula is C22H25ClN4O5S3. The number of hydrogen-bond donors (Lipinski definition) is 1. The van der Waals surface area contributed by atoms with E-state index in [0.29, 0.717) is 40.8 Å². The van der Waals surface area contributed by atoms with E-state index in [1.165, 1.54) is 28.6 Å². The Kier molecular flexibility index (Phi) is 8.09. The van der Waals surface area contributed by atoms with Crippen molar-refractivity contribution in [1.82, 2.24) is 8.87 Å². The molecule has 0 unspecified atom stereocenters. The number of carbonyl (C=O) groups excluding carboxylic acids is 2. The van der Waals surface area contributed by atoms with E-state index >= 15 is 0 Å². The number of thiazole rings is 1. The fourth-order valence-corrected chi connectivity index (χ4v) is 8.14. The molecule has 0 bridgehead atoms. The van der Waals surface area contributed by atoms with Gasteiger partial charge in [-0.25, -0.2) is 8.42 Å². The maximum atomic E-state index is 13.1. The van der Waals surface area contributed by atoms with Crippen molar-refractivity contribution < 1.29 is 22.7 Å². The molecule has 0 aliphatic carbocycles. The van der Waals surface area contributed by atoms with Crippen LogP contribution in [0.15, 0.2) is 39.5 Å². The van der Waals surface area contributed by atoms with Crippen molar-refractivity contribution in [3.8, 4) is 0 Å². The molecule has 0 radical (unpaired) electrons. The van der Waals surface area contributed by atoms with Crippen LogP contribution in [0.4, 0.5) is 5.69 Å². The maximum absolute atomic E-state index is 13.1. The number of piperidine rings is 1. The van der Waals surface area contributed by atoms with Crippen LogP contribution in [0.1, 0.15) is 19.8 Å². The number of thiophene rings is 1. The normalized spacial score (nSPS) is 16.1. The van der Waals surface area contributed by atoms with Gasteiger partial charge in [-0.2, -0.15) is 9.30 Å². The van der Waals surface area contributed by atoms with Gasteiger partial charge in [-0.1, -0.05) is 22.9 Å². The summed E-state index contributed by atoms with van der Waals surface area (Å²) in [5, 5.41) is 2.77. The van der Waals surface area contributed by atoms with E-state index in [1.54, 1.807) is 13.2 Å². The zero-order chi connectivity index (χ0) is 25.2. The van der Waals surface area contributed by atoms with Gasteiger partial charge in [-0.3, -0.25) is 9.59 Å². The van der Waals surface area contributed by atoms with Gasteiger partial charge in [0.15, 0.2) is 4.80 Å². The molecule has 1 aliphatic rings. The van der Waals surface area contributed by atoms with Gasteiger partial charge in [-0.15, -0.1) is 11.3 Å². The Bertz CT molecular complexity index is 1420. The molecule has 1 N–H and O–H groups in total. The van der Waals surface area contributed by atoms with E-state index in [0.717, 1.165) is 21.6 Å². The third-order valence-electron chi connectivity index (χ3n) is 5.67. The van der Waals surface area contributed by atoms with Crippen LogP contribution in [0.5, 0.6) is 0 Å². The molecule has 0 atom stereocenters. The number of carbonyl (C=O) groups is 2. The smallest absolute Gasteiger partial charge is 0.252 e. The fraction of sp³-hybridized carbons (Fsp3) is 0.409. The number of hydrogen-bond acceptors (Lipinski definition) is 7. The Balaban J connectivity index is 1.55. The molecule has 2 aromatic heterocycles. The summed E-state index contributed by atoms with van der Waals surface area (Å²) in [6, 6.07) is 8.62. The minimum Gasteiger partial charge on any atom is -0.383 e. The molecular weight excluding hydrogens is 532 g/mol. The molecule has 13 heteroatoms. The van der Waals surface area contributed by atoms with Crippen LogP contribution in [0, 0.1) is 5.92 Å². The summed E-state index contributed by atoms with van der Waals surface area (Å²) in [5.41, 5.74) is 1.56. The topological polar surface area (TPSA) is 110 Å². The molecule has 0 spiro atoms. The summed E-state index contributed by atoms with van der Waals surface area (Å²) in [6.07, 6.45) is 0.798. The molecule has 1 fully saturated rings. The first-order valence-corrected chi connectivity index (χ1v) is 14.4. The molecule has 0 saturated carbocycles. The van der Waals surface area contributed by atoms with Crippen molar-refractivity contribution in [3.63, 3.8) is 0 Å². The average Bonchev–Trinajstić information content (AvgIpc) is 3.40. The van der Waals surface area contributed by atoms with E-state index in [2.05, 4.69) is 10.3 Å². The van der Waals surface area contributed by atoms with Gasteiger partial charge in [0.1, 0.15) is 4.21 Å². The Hall–Kier alpha value is -2.09. The standard InChI is InChI=1S/C22H25ClN4O5S3/c1-14(28)24-16-3-4-17-18(13-16)33-22(27(17)11-12-32-2)25-21(29)15-7-9-26(10-8-15)35(30,31)20-6-5-19(23)34-20/h3-6,13,15H,7-12H2,1-2H3,(H,24,28). The third-order valence-corrected chi connectivity index (χ3v) is 10.3. The van der Waals surface area contributed by atoms with E-state index in [9.17, 15) is 18.0 Å². The van der Waals surface area contributed by atoms with Crippen molar-refractivity contribution in [2.75, 3.05) is 32.1 Å². The molecule has 2 amide bonds. The van der Waals surface area contributed by atoms with E-state index < -0.39 is 10.0 Å². The van der Waals surface area contributed by atoms with Gasteiger partial charge in [0.2, 0.25) is 5.91 Å². The highest BCUT2D eigenvalue weighted by Gasteiger charge is 2.33. The molecule has 35 heavy (non-hydrogen) atoms. The first-order chi connectivity index (χ1) is 16.7.